The summed E-state index contributed by atoms with van der Waals surface area (Å²) in [5.74, 6) is 1.04. The van der Waals surface area contributed by atoms with Crippen LogP contribution in [0.1, 0.15) is 46.5 Å². The number of carbonyl (C=O) groups excluding carboxylic acids is 1. The predicted molar refractivity (Wildman–Crippen MR) is 111 cm³/mol. The number of aryl methyl sites for hydroxylation is 1. The highest BCUT2D eigenvalue weighted by Gasteiger charge is 2.17. The average Bonchev–Trinajstić information content (AvgIpc) is 3.12. The molecule has 146 valence electrons. The van der Waals surface area contributed by atoms with Crippen molar-refractivity contribution in [3.05, 3.63) is 64.2 Å². The molecular weight excluding hydrogens is 354 g/mol. The summed E-state index contributed by atoms with van der Waals surface area (Å²) in [4.78, 5) is 20.7. The molecule has 1 amide bonds. The van der Waals surface area contributed by atoms with E-state index in [1.807, 2.05) is 51.1 Å². The quantitative estimate of drug-likeness (QED) is 0.801. The highest BCUT2D eigenvalue weighted by atomic mass is 16.5. The van der Waals surface area contributed by atoms with E-state index in [9.17, 15) is 4.79 Å². The summed E-state index contributed by atoms with van der Waals surface area (Å²) in [5, 5.41) is 0. The van der Waals surface area contributed by atoms with E-state index < -0.39 is 5.91 Å². The number of benzene rings is 2. The molecule has 3 rings (SSSR count). The van der Waals surface area contributed by atoms with Crippen molar-refractivity contribution in [2.24, 2.45) is 15.7 Å². The molecule has 0 atom stereocenters. The molecule has 6 heteroatoms. The fourth-order valence-corrected chi connectivity index (χ4v) is 3.14. The maximum Gasteiger partial charge on any atom is 0.248 e. The zero-order chi connectivity index (χ0) is 20.3. The minimum absolute atomic E-state index is 0.0897. The van der Waals surface area contributed by atoms with Crippen molar-refractivity contribution >= 4 is 17.5 Å². The smallest absolute Gasteiger partial charge is 0.248 e. The van der Waals surface area contributed by atoms with Crippen molar-refractivity contribution in [2.45, 2.75) is 33.5 Å². The summed E-state index contributed by atoms with van der Waals surface area (Å²) < 4.78 is 11.2. The van der Waals surface area contributed by atoms with Crippen LogP contribution in [-0.2, 0) is 11.3 Å². The predicted octanol–water partition coefficient (Wildman–Crippen LogP) is 3.28. The fraction of sp³-hybridized carbons (Fsp3) is 0.318. The Morgan fingerprint density at radius 2 is 1.93 bits per heavy atom. The van der Waals surface area contributed by atoms with Gasteiger partial charge in [0.25, 0.3) is 0 Å². The number of aliphatic imine (C=N–C) groups is 2. The second kappa shape index (κ2) is 8.35. The normalized spacial score (nSPS) is 13.5. The summed E-state index contributed by atoms with van der Waals surface area (Å²) in [7, 11) is 1.66. The van der Waals surface area contributed by atoms with Crippen molar-refractivity contribution in [1.82, 2.24) is 0 Å². The second-order valence-electron chi connectivity index (χ2n) is 7.01. The number of primary amides is 1. The number of amides is 1. The third-order valence-corrected chi connectivity index (χ3v) is 4.43. The molecule has 6 nitrogen and oxygen atoms in total. The van der Waals surface area contributed by atoms with Gasteiger partial charge in [-0.05, 0) is 62.2 Å². The van der Waals surface area contributed by atoms with Gasteiger partial charge in [0, 0.05) is 23.8 Å². The lowest BCUT2D eigenvalue weighted by atomic mass is 10.0. The Hall–Kier alpha value is -2.99. The van der Waals surface area contributed by atoms with Crippen molar-refractivity contribution < 1.29 is 14.3 Å². The van der Waals surface area contributed by atoms with E-state index in [1.165, 1.54) is 0 Å². The SMILES string of the molecule is COCc1cc(C2=NC(c3ccc(C(N)=O)c(C)c3)=NC2)ccc1OC(C)C. The number of methoxy groups -OCH3 is 1. The molecule has 0 aromatic heterocycles. The molecule has 28 heavy (non-hydrogen) atoms. The van der Waals surface area contributed by atoms with E-state index >= 15 is 0 Å². The fourth-order valence-electron chi connectivity index (χ4n) is 3.14. The van der Waals surface area contributed by atoms with Gasteiger partial charge in [-0.25, -0.2) is 4.99 Å². The molecule has 1 heterocycles. The van der Waals surface area contributed by atoms with Gasteiger partial charge >= 0.3 is 0 Å². The summed E-state index contributed by atoms with van der Waals surface area (Å²) in [6, 6.07) is 11.4. The Balaban J connectivity index is 1.87. The first-order valence-electron chi connectivity index (χ1n) is 9.20. The lowest BCUT2D eigenvalue weighted by Gasteiger charge is -2.15. The van der Waals surface area contributed by atoms with Gasteiger partial charge in [-0.1, -0.05) is 6.07 Å². The van der Waals surface area contributed by atoms with E-state index in [-0.39, 0.29) is 6.10 Å². The molecule has 0 unspecified atom stereocenters. The third kappa shape index (κ3) is 4.28. The summed E-state index contributed by atoms with van der Waals surface area (Å²) in [5.41, 5.74) is 10.4. The summed E-state index contributed by atoms with van der Waals surface area (Å²) in [6.07, 6.45) is 0.0897. The highest BCUT2D eigenvalue weighted by molar-refractivity contribution is 6.17. The second-order valence-corrected chi connectivity index (χ2v) is 7.01. The molecule has 2 aromatic rings. The maximum absolute atomic E-state index is 11.4. The first kappa shape index (κ1) is 19.8. The topological polar surface area (TPSA) is 86.3 Å². The van der Waals surface area contributed by atoms with E-state index in [4.69, 9.17) is 20.2 Å². The number of hydrogen-bond donors (Lipinski definition) is 1. The summed E-state index contributed by atoms with van der Waals surface area (Å²) in [6.45, 7) is 6.82. The number of carbonyl (C=O) groups is 1. The Bertz CT molecular complexity index is 961. The van der Waals surface area contributed by atoms with E-state index in [2.05, 4.69) is 4.99 Å². The largest absolute Gasteiger partial charge is 0.491 e. The van der Waals surface area contributed by atoms with Crippen LogP contribution in [0.2, 0.25) is 0 Å². The van der Waals surface area contributed by atoms with Crippen LogP contribution < -0.4 is 10.5 Å². The van der Waals surface area contributed by atoms with Gasteiger partial charge in [0.1, 0.15) is 5.75 Å². The molecule has 0 radical (unpaired) electrons. The van der Waals surface area contributed by atoms with Crippen molar-refractivity contribution in [1.29, 1.82) is 0 Å². The van der Waals surface area contributed by atoms with E-state index in [0.29, 0.717) is 24.6 Å². The van der Waals surface area contributed by atoms with Gasteiger partial charge in [0.15, 0.2) is 5.84 Å². The minimum Gasteiger partial charge on any atom is -0.491 e. The van der Waals surface area contributed by atoms with Gasteiger partial charge in [0.2, 0.25) is 5.91 Å². The van der Waals surface area contributed by atoms with Crippen molar-refractivity contribution in [3.8, 4) is 5.75 Å². The van der Waals surface area contributed by atoms with Crippen LogP contribution in [0.15, 0.2) is 46.4 Å². The highest BCUT2D eigenvalue weighted by Crippen LogP contribution is 2.24. The molecule has 0 bridgehead atoms. The van der Waals surface area contributed by atoms with Crippen LogP contribution in [0.4, 0.5) is 0 Å². The van der Waals surface area contributed by atoms with Gasteiger partial charge in [0.05, 0.1) is 25.0 Å². The molecule has 0 saturated carbocycles. The Labute approximate surface area is 165 Å². The van der Waals surface area contributed by atoms with Crippen LogP contribution in [0, 0.1) is 6.92 Å². The van der Waals surface area contributed by atoms with Crippen LogP contribution in [0.5, 0.6) is 5.75 Å². The lowest BCUT2D eigenvalue weighted by molar-refractivity contribution is 0.0999. The number of nitrogens with zero attached hydrogens (tertiary/aromatic N) is 2. The molecular formula is C22H25N3O3. The first-order chi connectivity index (χ1) is 13.4. The number of hydrogen-bond acceptors (Lipinski definition) is 5. The number of nitrogens with two attached hydrogens (primary N) is 1. The van der Waals surface area contributed by atoms with Gasteiger partial charge in [-0.15, -0.1) is 0 Å². The number of ether oxygens (including phenoxy) is 2. The molecule has 1 aliphatic rings. The molecule has 2 N–H and O–H groups in total. The van der Waals surface area contributed by atoms with Gasteiger partial charge in [-0.2, -0.15) is 0 Å². The van der Waals surface area contributed by atoms with Crippen LogP contribution in [0.3, 0.4) is 0 Å². The van der Waals surface area contributed by atoms with Crippen molar-refractivity contribution in [3.63, 3.8) is 0 Å². The molecule has 0 fully saturated rings. The zero-order valence-electron chi connectivity index (χ0n) is 16.7. The Morgan fingerprint density at radius 3 is 2.57 bits per heavy atom. The van der Waals surface area contributed by atoms with Crippen LogP contribution in [0.25, 0.3) is 0 Å². The Morgan fingerprint density at radius 1 is 1.18 bits per heavy atom. The third-order valence-electron chi connectivity index (χ3n) is 4.43. The molecule has 0 spiro atoms. The first-order valence-corrected chi connectivity index (χ1v) is 9.20. The summed E-state index contributed by atoms with van der Waals surface area (Å²) >= 11 is 0. The zero-order valence-corrected chi connectivity index (χ0v) is 16.7. The number of amidine groups is 1. The van der Waals surface area contributed by atoms with Gasteiger partial charge < -0.3 is 15.2 Å². The molecule has 0 saturated heterocycles. The minimum atomic E-state index is -0.434. The molecule has 1 aliphatic heterocycles. The number of rotatable bonds is 7. The van der Waals surface area contributed by atoms with Gasteiger partial charge in [-0.3, -0.25) is 9.79 Å². The monoisotopic (exact) mass is 379 g/mol. The molecule has 2 aromatic carbocycles. The van der Waals surface area contributed by atoms with E-state index in [1.54, 1.807) is 13.2 Å². The Kier molecular flexibility index (Phi) is 5.90. The maximum atomic E-state index is 11.4. The van der Waals surface area contributed by atoms with Crippen LogP contribution in [-0.4, -0.2) is 37.2 Å². The standard InChI is InChI=1S/C22H25N3O3/c1-13(2)28-20-8-6-15(10-17(20)12-27-4)19-11-24-22(25-19)16-5-7-18(21(23)26)14(3)9-16/h5-10,13H,11-12H2,1-4H3,(H2,23,26). The average molecular weight is 379 g/mol. The molecule has 0 aliphatic carbocycles. The van der Waals surface area contributed by atoms with E-state index in [0.717, 1.165) is 33.7 Å². The lowest BCUT2D eigenvalue weighted by Crippen LogP contribution is -2.13. The van der Waals surface area contributed by atoms with Crippen molar-refractivity contribution in [2.75, 3.05) is 13.7 Å². The van der Waals surface area contributed by atoms with Crippen LogP contribution >= 0.6 is 0 Å².